The van der Waals surface area contributed by atoms with E-state index in [-0.39, 0.29) is 17.5 Å². The Labute approximate surface area is 209 Å². The van der Waals surface area contributed by atoms with Crippen molar-refractivity contribution in [3.63, 3.8) is 0 Å². The molecular weight excluding hydrogens is 424 g/mol. The molecule has 1 saturated heterocycles. The van der Waals surface area contributed by atoms with Crippen LogP contribution in [0, 0.1) is 29.1 Å². The summed E-state index contributed by atoms with van der Waals surface area (Å²) in [5.41, 5.74) is 0.122. The second kappa shape index (κ2) is 11.6. The first kappa shape index (κ1) is 26.4. The van der Waals surface area contributed by atoms with Gasteiger partial charge in [-0.15, -0.1) is 0 Å². The van der Waals surface area contributed by atoms with Gasteiger partial charge in [-0.25, -0.2) is 0 Å². The summed E-state index contributed by atoms with van der Waals surface area (Å²) in [5.74, 6) is 3.00. The number of carbonyl (C=O) groups is 1. The maximum atomic E-state index is 12.2. The monoisotopic (exact) mass is 476 g/mol. The summed E-state index contributed by atoms with van der Waals surface area (Å²) in [5, 5.41) is 0. The largest absolute Gasteiger partial charge is 0.460 e. The molecule has 1 aliphatic heterocycles. The van der Waals surface area contributed by atoms with Crippen LogP contribution in [0.3, 0.4) is 0 Å². The molecule has 0 aromatic carbocycles. The SMILES string of the molecule is CCN(CC)C1CC2C3CCC(C)CCC(N4CCOCC4)CCC3CCC2(C)C1OC(C)=O. The Morgan fingerprint density at radius 1 is 1.03 bits per heavy atom. The molecule has 0 aromatic rings. The zero-order chi connectivity index (χ0) is 24.3. The summed E-state index contributed by atoms with van der Waals surface area (Å²) in [7, 11) is 0. The van der Waals surface area contributed by atoms with E-state index in [2.05, 4.69) is 37.5 Å². The zero-order valence-corrected chi connectivity index (χ0v) is 22.8. The summed E-state index contributed by atoms with van der Waals surface area (Å²) in [6.45, 7) is 17.2. The Balaban J connectivity index is 1.55. The molecule has 8 unspecified atom stereocenters. The third kappa shape index (κ3) is 5.52. The maximum absolute atomic E-state index is 12.2. The van der Waals surface area contributed by atoms with Crippen LogP contribution in [0.5, 0.6) is 0 Å². The number of carbonyl (C=O) groups excluding carboxylic acids is 1. The normalized spacial score (nSPS) is 42.1. The highest BCUT2D eigenvalue weighted by Crippen LogP contribution is 2.60. The summed E-state index contributed by atoms with van der Waals surface area (Å²) in [4.78, 5) is 17.5. The lowest BCUT2D eigenvalue weighted by molar-refractivity contribution is -0.159. The molecule has 3 aliphatic carbocycles. The highest BCUT2D eigenvalue weighted by Gasteiger charge is 2.59. The minimum atomic E-state index is -0.0981. The Hall–Kier alpha value is -0.650. The van der Waals surface area contributed by atoms with Crippen LogP contribution < -0.4 is 0 Å². The fraction of sp³-hybridized carbons (Fsp3) is 0.966. The van der Waals surface area contributed by atoms with E-state index in [0.717, 1.165) is 63.2 Å². The van der Waals surface area contributed by atoms with Gasteiger partial charge >= 0.3 is 5.97 Å². The Morgan fingerprint density at radius 3 is 2.38 bits per heavy atom. The van der Waals surface area contributed by atoms with Gasteiger partial charge in [0.25, 0.3) is 0 Å². The molecule has 5 nitrogen and oxygen atoms in total. The smallest absolute Gasteiger partial charge is 0.302 e. The number of likely N-dealkylation sites (N-methyl/N-ethyl adjacent to an activating group) is 1. The molecule has 5 heteroatoms. The molecule has 0 amide bonds. The Morgan fingerprint density at radius 2 is 1.71 bits per heavy atom. The standard InChI is InChI=1S/C29H52N2O3/c1-6-30(7-2)27-20-26-25-13-9-21(3)8-11-24(31-16-18-33-19-17-31)12-10-23(25)14-15-29(26,5)28(27)34-22(4)32/h21,23-28H,6-20H2,1-5H3. The molecule has 4 rings (SSSR count). The lowest BCUT2D eigenvalue weighted by Gasteiger charge is -2.49. The van der Waals surface area contributed by atoms with E-state index in [4.69, 9.17) is 9.47 Å². The molecule has 34 heavy (non-hydrogen) atoms. The fourth-order valence-corrected chi connectivity index (χ4v) is 8.51. The number of esters is 1. The van der Waals surface area contributed by atoms with Crippen LogP contribution in [0.2, 0.25) is 0 Å². The van der Waals surface area contributed by atoms with Crippen LogP contribution in [0.1, 0.15) is 92.4 Å². The molecule has 0 radical (unpaired) electrons. The van der Waals surface area contributed by atoms with Crippen molar-refractivity contribution in [3.05, 3.63) is 0 Å². The average Bonchev–Trinajstić information content (AvgIpc) is 3.11. The molecule has 3 saturated carbocycles. The second-order valence-electron chi connectivity index (χ2n) is 12.3. The zero-order valence-electron chi connectivity index (χ0n) is 22.8. The first-order valence-electron chi connectivity index (χ1n) is 14.6. The van der Waals surface area contributed by atoms with Gasteiger partial charge in [-0.05, 0) is 88.1 Å². The van der Waals surface area contributed by atoms with Gasteiger partial charge < -0.3 is 9.47 Å². The quantitative estimate of drug-likeness (QED) is 0.499. The fourth-order valence-electron chi connectivity index (χ4n) is 8.51. The van der Waals surface area contributed by atoms with Crippen molar-refractivity contribution >= 4 is 5.97 Å². The minimum Gasteiger partial charge on any atom is -0.460 e. The summed E-state index contributed by atoms with van der Waals surface area (Å²) >= 11 is 0. The van der Waals surface area contributed by atoms with Gasteiger partial charge in [0.1, 0.15) is 6.10 Å². The van der Waals surface area contributed by atoms with Crippen molar-refractivity contribution in [3.8, 4) is 0 Å². The Kier molecular flexibility index (Phi) is 9.01. The van der Waals surface area contributed by atoms with Crippen molar-refractivity contribution in [1.29, 1.82) is 0 Å². The number of morpholine rings is 1. The van der Waals surface area contributed by atoms with Crippen molar-refractivity contribution in [1.82, 2.24) is 9.80 Å². The first-order chi connectivity index (χ1) is 16.4. The van der Waals surface area contributed by atoms with Gasteiger partial charge in [0.05, 0.1) is 13.2 Å². The molecule has 8 atom stereocenters. The molecule has 196 valence electrons. The molecule has 0 bridgehead atoms. The van der Waals surface area contributed by atoms with Crippen LogP contribution in [-0.4, -0.2) is 73.3 Å². The van der Waals surface area contributed by atoms with E-state index in [1.807, 2.05) is 0 Å². The number of hydrogen-bond acceptors (Lipinski definition) is 5. The number of fused-ring (bicyclic) bond motifs is 3. The van der Waals surface area contributed by atoms with E-state index in [1.54, 1.807) is 6.92 Å². The van der Waals surface area contributed by atoms with E-state index in [0.29, 0.717) is 12.0 Å². The van der Waals surface area contributed by atoms with Crippen LogP contribution in [0.4, 0.5) is 0 Å². The van der Waals surface area contributed by atoms with Gasteiger partial charge in [-0.1, -0.05) is 34.1 Å². The highest BCUT2D eigenvalue weighted by atomic mass is 16.5. The third-order valence-corrected chi connectivity index (χ3v) is 10.5. The maximum Gasteiger partial charge on any atom is 0.302 e. The van der Waals surface area contributed by atoms with Crippen LogP contribution in [0.25, 0.3) is 0 Å². The summed E-state index contributed by atoms with van der Waals surface area (Å²) in [6.07, 6.45) is 12.0. The van der Waals surface area contributed by atoms with E-state index >= 15 is 0 Å². The van der Waals surface area contributed by atoms with Crippen LogP contribution in [-0.2, 0) is 14.3 Å². The van der Waals surface area contributed by atoms with Crippen molar-refractivity contribution < 1.29 is 14.3 Å². The molecule has 4 aliphatic rings. The minimum absolute atomic E-state index is 0.0461. The summed E-state index contributed by atoms with van der Waals surface area (Å²) < 4.78 is 11.8. The van der Waals surface area contributed by atoms with Gasteiger partial charge in [0.15, 0.2) is 0 Å². The lowest BCUT2D eigenvalue weighted by atomic mass is 9.57. The number of nitrogens with zero attached hydrogens (tertiary/aromatic N) is 2. The second-order valence-corrected chi connectivity index (χ2v) is 12.3. The highest BCUT2D eigenvalue weighted by molar-refractivity contribution is 5.66. The predicted molar refractivity (Wildman–Crippen MR) is 138 cm³/mol. The van der Waals surface area contributed by atoms with E-state index < -0.39 is 0 Å². The molecule has 1 heterocycles. The predicted octanol–water partition coefficient (Wildman–Crippen LogP) is 5.37. The first-order valence-corrected chi connectivity index (χ1v) is 14.6. The Bertz CT molecular complexity index is 662. The molecule has 0 N–H and O–H groups in total. The van der Waals surface area contributed by atoms with E-state index in [1.165, 1.54) is 57.8 Å². The molecule has 0 aromatic heterocycles. The number of hydrogen-bond donors (Lipinski definition) is 0. The van der Waals surface area contributed by atoms with Gasteiger partial charge in [-0.3, -0.25) is 14.6 Å². The number of rotatable bonds is 5. The van der Waals surface area contributed by atoms with Crippen molar-refractivity contribution in [2.24, 2.45) is 29.1 Å². The van der Waals surface area contributed by atoms with Crippen molar-refractivity contribution in [2.75, 3.05) is 39.4 Å². The summed E-state index contributed by atoms with van der Waals surface area (Å²) in [6, 6.07) is 1.11. The lowest BCUT2D eigenvalue weighted by Crippen LogP contribution is -2.49. The van der Waals surface area contributed by atoms with Gasteiger partial charge in [0, 0.05) is 37.5 Å². The van der Waals surface area contributed by atoms with E-state index in [9.17, 15) is 4.79 Å². The third-order valence-electron chi connectivity index (χ3n) is 10.5. The molecule has 4 fully saturated rings. The topological polar surface area (TPSA) is 42.0 Å². The van der Waals surface area contributed by atoms with Gasteiger partial charge in [0.2, 0.25) is 0 Å². The van der Waals surface area contributed by atoms with Crippen LogP contribution >= 0.6 is 0 Å². The van der Waals surface area contributed by atoms with Crippen molar-refractivity contribution in [2.45, 2.75) is 111 Å². The molecule has 0 spiro atoms. The number of ether oxygens (including phenoxy) is 2. The average molecular weight is 477 g/mol. The van der Waals surface area contributed by atoms with Gasteiger partial charge in [-0.2, -0.15) is 0 Å². The van der Waals surface area contributed by atoms with Crippen LogP contribution in [0.15, 0.2) is 0 Å². The molecular formula is C29H52N2O3.